The topological polar surface area (TPSA) is 24.9 Å². The normalized spacial score (nSPS) is 17.4. The van der Waals surface area contributed by atoms with Crippen LogP contribution in [0.25, 0.3) is 0 Å². The van der Waals surface area contributed by atoms with Gasteiger partial charge in [0.1, 0.15) is 0 Å². The molecule has 1 heterocycles. The second kappa shape index (κ2) is 5.61. The number of aromatic nitrogens is 1. The molecule has 0 aliphatic heterocycles. The zero-order chi connectivity index (χ0) is 10.5. The molecule has 0 atom stereocenters. The highest BCUT2D eigenvalue weighted by atomic mass is 32.1. The van der Waals surface area contributed by atoms with E-state index in [2.05, 4.69) is 17.2 Å². The van der Waals surface area contributed by atoms with E-state index in [4.69, 9.17) is 0 Å². The van der Waals surface area contributed by atoms with Crippen molar-refractivity contribution < 1.29 is 0 Å². The molecule has 1 N–H and O–H groups in total. The Labute approximate surface area is 96.1 Å². The van der Waals surface area contributed by atoms with Gasteiger partial charge in [-0.2, -0.15) is 0 Å². The fraction of sp³-hybridized carbons (Fsp3) is 0.750. The molecule has 1 fully saturated rings. The fourth-order valence-electron chi connectivity index (χ4n) is 2.14. The van der Waals surface area contributed by atoms with Gasteiger partial charge in [0, 0.05) is 30.1 Å². The second-order valence-electron chi connectivity index (χ2n) is 4.26. The van der Waals surface area contributed by atoms with Gasteiger partial charge in [-0.05, 0) is 19.3 Å². The lowest BCUT2D eigenvalue weighted by atomic mass is 10.2. The van der Waals surface area contributed by atoms with Gasteiger partial charge in [-0.15, -0.1) is 11.3 Å². The predicted octanol–water partition coefficient (Wildman–Crippen LogP) is 2.78. The van der Waals surface area contributed by atoms with Crippen LogP contribution in [0.1, 0.15) is 42.5 Å². The van der Waals surface area contributed by atoms with Gasteiger partial charge in [0.2, 0.25) is 0 Å². The Kier molecular flexibility index (Phi) is 4.15. The summed E-state index contributed by atoms with van der Waals surface area (Å²) in [5.41, 5.74) is 0. The van der Waals surface area contributed by atoms with Gasteiger partial charge in [0.25, 0.3) is 0 Å². The van der Waals surface area contributed by atoms with E-state index < -0.39 is 0 Å². The van der Waals surface area contributed by atoms with Gasteiger partial charge in [-0.3, -0.25) is 0 Å². The van der Waals surface area contributed by atoms with Crippen LogP contribution in [0.5, 0.6) is 0 Å². The van der Waals surface area contributed by atoms with E-state index in [-0.39, 0.29) is 0 Å². The van der Waals surface area contributed by atoms with Crippen molar-refractivity contribution in [2.24, 2.45) is 0 Å². The van der Waals surface area contributed by atoms with Crippen LogP contribution in [0.15, 0.2) is 6.20 Å². The Morgan fingerprint density at radius 3 is 2.93 bits per heavy atom. The number of hydrogen-bond donors (Lipinski definition) is 1. The molecular formula is C12H20N2S. The Hall–Kier alpha value is -0.410. The van der Waals surface area contributed by atoms with Crippen molar-refractivity contribution in [2.45, 2.75) is 51.5 Å². The maximum Gasteiger partial charge on any atom is 0.0940 e. The molecule has 2 rings (SSSR count). The molecule has 0 unspecified atom stereocenters. The zero-order valence-electron chi connectivity index (χ0n) is 9.46. The van der Waals surface area contributed by atoms with E-state index in [1.807, 2.05) is 17.5 Å². The first-order chi connectivity index (χ1) is 7.38. The highest BCUT2D eigenvalue weighted by molar-refractivity contribution is 7.11. The molecular weight excluding hydrogens is 204 g/mol. The van der Waals surface area contributed by atoms with Crippen LogP contribution in [0.4, 0.5) is 0 Å². The monoisotopic (exact) mass is 224 g/mol. The summed E-state index contributed by atoms with van der Waals surface area (Å²) < 4.78 is 0. The summed E-state index contributed by atoms with van der Waals surface area (Å²) in [4.78, 5) is 5.84. The smallest absolute Gasteiger partial charge is 0.0940 e. The Bertz CT molecular complexity index is 290. The predicted molar refractivity (Wildman–Crippen MR) is 65.5 cm³/mol. The lowest BCUT2D eigenvalue weighted by Crippen LogP contribution is -2.27. The molecule has 3 heteroatoms. The maximum absolute atomic E-state index is 4.43. The summed E-state index contributed by atoms with van der Waals surface area (Å²) in [6, 6.07) is 0.788. The molecule has 2 nitrogen and oxygen atoms in total. The average molecular weight is 224 g/mol. The minimum Gasteiger partial charge on any atom is -0.314 e. The van der Waals surface area contributed by atoms with Crippen molar-refractivity contribution in [3.8, 4) is 0 Å². The molecule has 1 aliphatic carbocycles. The quantitative estimate of drug-likeness (QED) is 0.832. The number of nitrogens with zero attached hydrogens (tertiary/aromatic N) is 1. The number of thiazole rings is 1. The molecule has 1 aromatic heterocycles. The zero-order valence-corrected chi connectivity index (χ0v) is 10.3. The molecule has 15 heavy (non-hydrogen) atoms. The van der Waals surface area contributed by atoms with Crippen LogP contribution < -0.4 is 5.32 Å². The summed E-state index contributed by atoms with van der Waals surface area (Å²) in [7, 11) is 0. The van der Waals surface area contributed by atoms with Crippen LogP contribution in [0, 0.1) is 0 Å². The van der Waals surface area contributed by atoms with E-state index >= 15 is 0 Å². The second-order valence-corrected chi connectivity index (χ2v) is 5.46. The lowest BCUT2D eigenvalue weighted by molar-refractivity contribution is 0.527. The van der Waals surface area contributed by atoms with Gasteiger partial charge in [0.05, 0.1) is 5.01 Å². The molecule has 1 aromatic rings. The number of hydrogen-bond acceptors (Lipinski definition) is 3. The SMILES string of the molecule is CCc1cnc(CCNC2CCCC2)s1. The molecule has 0 aromatic carbocycles. The summed E-state index contributed by atoms with van der Waals surface area (Å²) in [6.07, 6.45) is 9.81. The molecule has 0 spiro atoms. The van der Waals surface area contributed by atoms with Crippen LogP contribution in [0.3, 0.4) is 0 Å². The Balaban J connectivity index is 1.68. The molecule has 1 aliphatic rings. The van der Waals surface area contributed by atoms with Gasteiger partial charge < -0.3 is 5.32 Å². The Morgan fingerprint density at radius 2 is 2.27 bits per heavy atom. The first-order valence-corrected chi connectivity index (χ1v) is 6.87. The van der Waals surface area contributed by atoms with Crippen LogP contribution >= 0.6 is 11.3 Å². The van der Waals surface area contributed by atoms with E-state index in [0.29, 0.717) is 0 Å². The minimum absolute atomic E-state index is 0.788. The first-order valence-electron chi connectivity index (χ1n) is 6.05. The Morgan fingerprint density at radius 1 is 1.47 bits per heavy atom. The number of rotatable bonds is 5. The van der Waals surface area contributed by atoms with Crippen LogP contribution in [-0.2, 0) is 12.8 Å². The van der Waals surface area contributed by atoms with Crippen molar-refractivity contribution in [1.29, 1.82) is 0 Å². The van der Waals surface area contributed by atoms with E-state index in [9.17, 15) is 0 Å². The standard InChI is InChI=1S/C12H20N2S/c1-2-11-9-14-12(15-11)7-8-13-10-5-3-4-6-10/h9-10,13H,2-8H2,1H3. The average Bonchev–Trinajstić information content (AvgIpc) is 2.88. The van der Waals surface area contributed by atoms with Crippen molar-refractivity contribution in [3.63, 3.8) is 0 Å². The third-order valence-corrected chi connectivity index (χ3v) is 4.28. The van der Waals surface area contributed by atoms with Gasteiger partial charge in [0.15, 0.2) is 0 Å². The first kappa shape index (κ1) is 11.1. The summed E-state index contributed by atoms with van der Waals surface area (Å²) in [6.45, 7) is 3.29. The largest absolute Gasteiger partial charge is 0.314 e. The summed E-state index contributed by atoms with van der Waals surface area (Å²) >= 11 is 1.86. The highest BCUT2D eigenvalue weighted by Gasteiger charge is 2.13. The molecule has 0 bridgehead atoms. The number of aryl methyl sites for hydroxylation is 1. The minimum atomic E-state index is 0.788. The summed E-state index contributed by atoms with van der Waals surface area (Å²) in [5, 5.41) is 4.91. The molecule has 0 amide bonds. The van der Waals surface area contributed by atoms with Gasteiger partial charge in [-0.1, -0.05) is 19.8 Å². The van der Waals surface area contributed by atoms with Crippen molar-refractivity contribution in [2.75, 3.05) is 6.54 Å². The highest BCUT2D eigenvalue weighted by Crippen LogP contribution is 2.18. The van der Waals surface area contributed by atoms with E-state index in [1.165, 1.54) is 35.6 Å². The van der Waals surface area contributed by atoms with Gasteiger partial charge in [-0.25, -0.2) is 4.98 Å². The van der Waals surface area contributed by atoms with E-state index in [1.54, 1.807) is 0 Å². The van der Waals surface area contributed by atoms with E-state index in [0.717, 1.165) is 25.4 Å². The van der Waals surface area contributed by atoms with Crippen molar-refractivity contribution in [1.82, 2.24) is 10.3 Å². The maximum atomic E-state index is 4.43. The van der Waals surface area contributed by atoms with Crippen molar-refractivity contribution >= 4 is 11.3 Å². The number of nitrogens with one attached hydrogen (secondary N) is 1. The van der Waals surface area contributed by atoms with Crippen LogP contribution in [-0.4, -0.2) is 17.6 Å². The third kappa shape index (κ3) is 3.28. The molecule has 0 saturated heterocycles. The lowest BCUT2D eigenvalue weighted by Gasteiger charge is -2.10. The summed E-state index contributed by atoms with van der Waals surface area (Å²) in [5.74, 6) is 0. The third-order valence-electron chi connectivity index (χ3n) is 3.08. The van der Waals surface area contributed by atoms with Crippen molar-refractivity contribution in [3.05, 3.63) is 16.1 Å². The van der Waals surface area contributed by atoms with Crippen LogP contribution in [0.2, 0.25) is 0 Å². The molecule has 0 radical (unpaired) electrons. The molecule has 84 valence electrons. The molecule has 1 saturated carbocycles. The fourth-order valence-corrected chi connectivity index (χ4v) is 3.00. The van der Waals surface area contributed by atoms with Gasteiger partial charge >= 0.3 is 0 Å².